The molecule has 4 aliphatic carbocycles. The van der Waals surface area contributed by atoms with Crippen molar-refractivity contribution in [2.24, 2.45) is 34.0 Å². The molecule has 0 radical (unpaired) electrons. The van der Waals surface area contributed by atoms with Crippen molar-refractivity contribution in [2.45, 2.75) is 104 Å². The summed E-state index contributed by atoms with van der Waals surface area (Å²) in [5.41, 5.74) is 0.385. The minimum Gasteiger partial charge on any atom is -0.479 e. The molecular formula is C29H43NO7. The highest BCUT2D eigenvalue weighted by Gasteiger charge is 2.60. The number of carboxylic acid groups (broad SMARTS) is 1. The summed E-state index contributed by atoms with van der Waals surface area (Å²) in [6.45, 7) is 7.75. The van der Waals surface area contributed by atoms with Gasteiger partial charge in [0.15, 0.2) is 11.9 Å². The molecular weight excluding hydrogens is 474 g/mol. The summed E-state index contributed by atoms with van der Waals surface area (Å²) in [7, 11) is 0. The number of allylic oxidation sites excluding steroid dienone is 1. The molecule has 0 aliphatic heterocycles. The molecule has 3 saturated carbocycles. The molecule has 8 nitrogen and oxygen atoms in total. The number of carboxylic acids is 1. The molecule has 3 fully saturated rings. The lowest BCUT2D eigenvalue weighted by Gasteiger charge is -2.57. The lowest BCUT2D eigenvalue weighted by molar-refractivity contribution is -0.160. The van der Waals surface area contributed by atoms with Gasteiger partial charge in [-0.05, 0) is 74.2 Å². The Bertz CT molecular complexity index is 987. The van der Waals surface area contributed by atoms with E-state index < -0.39 is 17.5 Å². The van der Waals surface area contributed by atoms with Crippen molar-refractivity contribution in [3.05, 3.63) is 11.6 Å². The Balaban J connectivity index is 1.30. The monoisotopic (exact) mass is 517 g/mol. The first-order valence-electron chi connectivity index (χ1n) is 13.9. The predicted octanol–water partition coefficient (Wildman–Crippen LogP) is 3.80. The van der Waals surface area contributed by atoms with Gasteiger partial charge in [0.1, 0.15) is 6.10 Å². The second-order valence-electron chi connectivity index (χ2n) is 13.1. The topological polar surface area (TPSA) is 130 Å². The molecule has 0 aromatic heterocycles. The number of hydrogen-bond donors (Lipinski definition) is 3. The van der Waals surface area contributed by atoms with Gasteiger partial charge in [0.05, 0.1) is 6.42 Å². The Kier molecular flexibility index (Phi) is 7.63. The number of fused-ring (bicyclic) bond motifs is 5. The quantitative estimate of drug-likeness (QED) is 0.418. The van der Waals surface area contributed by atoms with E-state index in [4.69, 9.17) is 9.84 Å². The van der Waals surface area contributed by atoms with Crippen LogP contribution in [0.5, 0.6) is 0 Å². The number of aliphatic hydroxyl groups excluding tert-OH is 1. The van der Waals surface area contributed by atoms with E-state index >= 15 is 0 Å². The molecule has 0 unspecified atom stereocenters. The van der Waals surface area contributed by atoms with Crippen LogP contribution in [-0.2, 0) is 23.9 Å². The highest BCUT2D eigenvalue weighted by molar-refractivity contribution is 5.91. The van der Waals surface area contributed by atoms with Crippen LogP contribution in [0.2, 0.25) is 0 Å². The number of nitrogens with one attached hydrogen (secondary N) is 1. The Labute approximate surface area is 219 Å². The van der Waals surface area contributed by atoms with Crippen LogP contribution in [0.4, 0.5) is 0 Å². The zero-order valence-electron chi connectivity index (χ0n) is 22.7. The Morgan fingerprint density at radius 2 is 1.81 bits per heavy atom. The first-order valence-corrected chi connectivity index (χ1v) is 13.9. The first-order chi connectivity index (χ1) is 17.3. The molecule has 0 aromatic rings. The third kappa shape index (κ3) is 5.23. The number of amides is 1. The van der Waals surface area contributed by atoms with Gasteiger partial charge < -0.3 is 20.3 Å². The van der Waals surface area contributed by atoms with Gasteiger partial charge in [-0.25, -0.2) is 4.79 Å². The number of ketones is 1. The SMILES string of the molecule is CC(C)(CNC(=O)CCC(=O)O[C@H]1CC[C@H]2[C@@H]3CCC4=CC(=O)CC[C@]4(C)[C@H]3CC[C@]12C)[C@H](O)C(=O)O. The van der Waals surface area contributed by atoms with Crippen LogP contribution in [-0.4, -0.2) is 52.6 Å². The molecule has 0 bridgehead atoms. The van der Waals surface area contributed by atoms with E-state index in [1.165, 1.54) is 5.57 Å². The van der Waals surface area contributed by atoms with Crippen LogP contribution < -0.4 is 5.32 Å². The second-order valence-corrected chi connectivity index (χ2v) is 13.1. The average molecular weight is 518 g/mol. The summed E-state index contributed by atoms with van der Waals surface area (Å²) in [5.74, 6) is -0.132. The highest BCUT2D eigenvalue weighted by Crippen LogP contribution is 2.65. The maximum absolute atomic E-state index is 12.7. The van der Waals surface area contributed by atoms with Gasteiger partial charge in [-0.3, -0.25) is 14.4 Å². The summed E-state index contributed by atoms with van der Waals surface area (Å²) in [6.07, 6.45) is 7.82. The van der Waals surface area contributed by atoms with Gasteiger partial charge in [-0.15, -0.1) is 0 Å². The van der Waals surface area contributed by atoms with Gasteiger partial charge in [-0.1, -0.05) is 33.3 Å². The van der Waals surface area contributed by atoms with E-state index in [0.29, 0.717) is 24.2 Å². The fraction of sp³-hybridized carbons (Fsp3) is 0.793. The lowest BCUT2D eigenvalue weighted by Crippen LogP contribution is -2.51. The lowest BCUT2D eigenvalue weighted by atomic mass is 9.47. The van der Waals surface area contributed by atoms with Crippen molar-refractivity contribution in [3.63, 3.8) is 0 Å². The largest absolute Gasteiger partial charge is 0.479 e. The fourth-order valence-corrected chi connectivity index (χ4v) is 7.98. The molecule has 3 N–H and O–H groups in total. The molecule has 0 saturated heterocycles. The van der Waals surface area contributed by atoms with E-state index in [1.54, 1.807) is 13.8 Å². The Hall–Kier alpha value is -2.22. The van der Waals surface area contributed by atoms with Crippen molar-refractivity contribution in [3.8, 4) is 0 Å². The molecule has 7 atom stereocenters. The number of esters is 1. The van der Waals surface area contributed by atoms with Crippen LogP contribution in [0.25, 0.3) is 0 Å². The predicted molar refractivity (Wildman–Crippen MR) is 136 cm³/mol. The number of carbonyl (C=O) groups excluding carboxylic acids is 3. The molecule has 8 heteroatoms. The molecule has 1 amide bonds. The zero-order chi connectivity index (χ0) is 27.2. The smallest absolute Gasteiger partial charge is 0.333 e. The molecule has 0 spiro atoms. The number of rotatable bonds is 8. The maximum Gasteiger partial charge on any atom is 0.333 e. The third-order valence-electron chi connectivity index (χ3n) is 10.4. The molecule has 4 rings (SSSR count). The maximum atomic E-state index is 12.7. The van der Waals surface area contributed by atoms with Crippen molar-refractivity contribution in [2.75, 3.05) is 6.54 Å². The summed E-state index contributed by atoms with van der Waals surface area (Å²) >= 11 is 0. The van der Waals surface area contributed by atoms with Crippen LogP contribution in [0.3, 0.4) is 0 Å². The molecule has 0 heterocycles. The van der Waals surface area contributed by atoms with Gasteiger partial charge in [-0.2, -0.15) is 0 Å². The van der Waals surface area contributed by atoms with Crippen molar-refractivity contribution in [1.82, 2.24) is 5.32 Å². The van der Waals surface area contributed by atoms with Gasteiger partial charge in [0.2, 0.25) is 5.91 Å². The van der Waals surface area contributed by atoms with E-state index in [2.05, 4.69) is 19.2 Å². The van der Waals surface area contributed by atoms with E-state index in [0.717, 1.165) is 44.9 Å². The Morgan fingerprint density at radius 1 is 1.08 bits per heavy atom. The normalized spacial score (nSPS) is 35.9. The zero-order valence-corrected chi connectivity index (χ0v) is 22.7. The molecule has 0 aromatic carbocycles. The average Bonchev–Trinajstić information content (AvgIpc) is 3.17. The minimum atomic E-state index is -1.60. The van der Waals surface area contributed by atoms with Crippen molar-refractivity contribution < 1.29 is 34.1 Å². The van der Waals surface area contributed by atoms with Gasteiger partial charge >= 0.3 is 11.9 Å². The number of ether oxygens (including phenoxy) is 1. The summed E-state index contributed by atoms with van der Waals surface area (Å²) < 4.78 is 5.98. The third-order valence-corrected chi connectivity index (χ3v) is 10.4. The minimum absolute atomic E-state index is 0.0107. The number of aliphatic carboxylic acids is 1. The van der Waals surface area contributed by atoms with Crippen LogP contribution in [0, 0.1) is 34.0 Å². The van der Waals surface area contributed by atoms with Crippen molar-refractivity contribution in [1.29, 1.82) is 0 Å². The first kappa shape index (κ1) is 27.8. The van der Waals surface area contributed by atoms with E-state index in [-0.39, 0.29) is 54.0 Å². The van der Waals surface area contributed by atoms with Crippen LogP contribution in [0.15, 0.2) is 11.6 Å². The second kappa shape index (κ2) is 10.2. The fourth-order valence-electron chi connectivity index (χ4n) is 7.98. The standard InChI is InChI=1S/C29H43NO7/c1-27(2,25(34)26(35)36)16-30-23(32)9-10-24(33)37-22-8-7-20-19-6-5-17-15-18(31)11-13-28(17,3)21(19)12-14-29(20,22)4/h15,19-22,25,34H,5-14,16H2,1-4H3,(H,30,32)(H,35,36)/t19-,20-,21-,22-,25+,28-,29-/m0/s1. The molecule has 37 heavy (non-hydrogen) atoms. The number of hydrogen-bond acceptors (Lipinski definition) is 6. The van der Waals surface area contributed by atoms with Crippen LogP contribution in [0.1, 0.15) is 91.9 Å². The summed E-state index contributed by atoms with van der Waals surface area (Å²) in [6, 6.07) is 0. The van der Waals surface area contributed by atoms with Gasteiger partial charge in [0, 0.05) is 30.2 Å². The van der Waals surface area contributed by atoms with Gasteiger partial charge in [0.25, 0.3) is 0 Å². The summed E-state index contributed by atoms with van der Waals surface area (Å²) in [4.78, 5) is 48.0. The van der Waals surface area contributed by atoms with E-state index in [1.807, 2.05) is 6.08 Å². The van der Waals surface area contributed by atoms with E-state index in [9.17, 15) is 24.3 Å². The molecule has 4 aliphatic rings. The highest BCUT2D eigenvalue weighted by atomic mass is 16.5. The summed E-state index contributed by atoms with van der Waals surface area (Å²) in [5, 5.41) is 21.4. The Morgan fingerprint density at radius 3 is 2.51 bits per heavy atom. The molecule has 206 valence electrons. The number of aliphatic hydroxyl groups is 1. The van der Waals surface area contributed by atoms with Crippen molar-refractivity contribution >= 4 is 23.6 Å². The number of carbonyl (C=O) groups is 4. The van der Waals surface area contributed by atoms with Crippen LogP contribution >= 0.6 is 0 Å².